The maximum Gasteiger partial charge on any atom is 0.271 e. The molecule has 0 aromatic heterocycles. The summed E-state index contributed by atoms with van der Waals surface area (Å²) in [5, 5.41) is 13.9. The fraction of sp³-hybridized carbons (Fsp3) is 0.250. The topological polar surface area (TPSA) is 55.2 Å². The van der Waals surface area contributed by atoms with Gasteiger partial charge in [0.15, 0.2) is 0 Å². The molecule has 1 atom stereocenters. The lowest BCUT2D eigenvalue weighted by Crippen LogP contribution is -2.11. The quantitative estimate of drug-likeness (QED) is 0.620. The highest BCUT2D eigenvalue weighted by molar-refractivity contribution is 5.53. The van der Waals surface area contributed by atoms with Gasteiger partial charge < -0.3 is 5.32 Å². The molecule has 0 aliphatic heterocycles. The second-order valence-electron chi connectivity index (χ2n) is 4.82. The Balaban J connectivity index is 2.28. The largest absolute Gasteiger partial charge is 0.376 e. The van der Waals surface area contributed by atoms with E-state index < -0.39 is 10.7 Å². The maximum absolute atomic E-state index is 13.9. The molecule has 0 saturated heterocycles. The number of halogens is 1. The second kappa shape index (κ2) is 6.83. The minimum atomic E-state index is -0.526. The molecule has 0 radical (unpaired) electrons. The molecule has 0 saturated carbocycles. The van der Waals surface area contributed by atoms with Gasteiger partial charge in [0.25, 0.3) is 5.69 Å². The summed E-state index contributed by atoms with van der Waals surface area (Å²) in [6, 6.07) is 13.1. The molecule has 2 rings (SSSR count). The van der Waals surface area contributed by atoms with E-state index in [9.17, 15) is 14.5 Å². The van der Waals surface area contributed by atoms with Gasteiger partial charge in [0.2, 0.25) is 0 Å². The molecular formula is C16H17FN2O2. The van der Waals surface area contributed by atoms with Gasteiger partial charge in [-0.05, 0) is 18.1 Å². The number of nitrogens with zero attached hydrogens (tertiary/aromatic N) is 1. The molecule has 1 unspecified atom stereocenters. The minimum Gasteiger partial charge on any atom is -0.376 e. The molecule has 0 amide bonds. The molecule has 0 aliphatic rings. The van der Waals surface area contributed by atoms with Crippen molar-refractivity contribution >= 4 is 11.4 Å². The van der Waals surface area contributed by atoms with Crippen molar-refractivity contribution in [1.29, 1.82) is 0 Å². The van der Waals surface area contributed by atoms with Crippen LogP contribution < -0.4 is 5.32 Å². The van der Waals surface area contributed by atoms with Crippen LogP contribution in [-0.4, -0.2) is 4.92 Å². The summed E-state index contributed by atoms with van der Waals surface area (Å²) in [5.74, 6) is -0.488. The van der Waals surface area contributed by atoms with E-state index >= 15 is 0 Å². The van der Waals surface area contributed by atoms with Crippen LogP contribution in [0.5, 0.6) is 0 Å². The average Bonchev–Trinajstić information content (AvgIpc) is 2.49. The molecule has 0 bridgehead atoms. The maximum atomic E-state index is 13.9. The van der Waals surface area contributed by atoms with Crippen molar-refractivity contribution in [3.8, 4) is 0 Å². The zero-order valence-corrected chi connectivity index (χ0v) is 11.8. The van der Waals surface area contributed by atoms with Gasteiger partial charge in [0.1, 0.15) is 5.82 Å². The third-order valence-electron chi connectivity index (χ3n) is 3.27. The van der Waals surface area contributed by atoms with Gasteiger partial charge in [-0.15, -0.1) is 0 Å². The highest BCUT2D eigenvalue weighted by Gasteiger charge is 2.15. The molecule has 0 fully saturated rings. The van der Waals surface area contributed by atoms with Crippen molar-refractivity contribution in [1.82, 2.24) is 0 Å². The zero-order valence-electron chi connectivity index (χ0n) is 11.8. The summed E-state index contributed by atoms with van der Waals surface area (Å²) >= 11 is 0. The smallest absolute Gasteiger partial charge is 0.271 e. The molecule has 1 N–H and O–H groups in total. The van der Waals surface area contributed by atoms with Crippen molar-refractivity contribution in [2.24, 2.45) is 0 Å². The SMILES string of the molecule is CCCC(Nc1cc([N+](=O)[O-])ccc1F)c1ccccc1. The number of hydrogen-bond donors (Lipinski definition) is 1. The van der Waals surface area contributed by atoms with Crippen LogP contribution in [0.4, 0.5) is 15.8 Å². The number of nitrogens with one attached hydrogen (secondary N) is 1. The van der Waals surface area contributed by atoms with Gasteiger partial charge in [-0.2, -0.15) is 0 Å². The van der Waals surface area contributed by atoms with Gasteiger partial charge in [-0.25, -0.2) is 4.39 Å². The Bertz CT molecular complexity index is 617. The highest BCUT2D eigenvalue weighted by atomic mass is 19.1. The molecule has 4 nitrogen and oxygen atoms in total. The first-order valence-corrected chi connectivity index (χ1v) is 6.87. The van der Waals surface area contributed by atoms with Gasteiger partial charge in [0.05, 0.1) is 16.7 Å². The summed E-state index contributed by atoms with van der Waals surface area (Å²) in [5.41, 5.74) is 1.07. The van der Waals surface area contributed by atoms with Crippen molar-refractivity contribution in [3.05, 3.63) is 70.0 Å². The molecule has 5 heteroatoms. The normalized spacial score (nSPS) is 11.9. The fourth-order valence-electron chi connectivity index (χ4n) is 2.22. The molecule has 110 valence electrons. The summed E-state index contributed by atoms with van der Waals surface area (Å²) in [7, 11) is 0. The number of rotatable bonds is 6. The van der Waals surface area contributed by atoms with E-state index in [1.807, 2.05) is 37.3 Å². The molecule has 2 aromatic carbocycles. The Morgan fingerprint density at radius 1 is 1.24 bits per heavy atom. The Kier molecular flexibility index (Phi) is 4.87. The molecule has 0 heterocycles. The van der Waals surface area contributed by atoms with Gasteiger partial charge in [-0.3, -0.25) is 10.1 Å². The van der Waals surface area contributed by atoms with E-state index in [1.54, 1.807) is 0 Å². The van der Waals surface area contributed by atoms with Crippen molar-refractivity contribution in [2.75, 3.05) is 5.32 Å². The Morgan fingerprint density at radius 2 is 1.95 bits per heavy atom. The van der Waals surface area contributed by atoms with Crippen LogP contribution in [-0.2, 0) is 0 Å². The van der Waals surface area contributed by atoms with E-state index in [2.05, 4.69) is 5.32 Å². The van der Waals surface area contributed by atoms with Gasteiger partial charge in [0, 0.05) is 12.1 Å². The number of anilines is 1. The van der Waals surface area contributed by atoms with Crippen LogP contribution >= 0.6 is 0 Å². The van der Waals surface area contributed by atoms with Crippen LogP contribution in [0.15, 0.2) is 48.5 Å². The fourth-order valence-corrected chi connectivity index (χ4v) is 2.22. The Labute approximate surface area is 122 Å². The first-order valence-electron chi connectivity index (χ1n) is 6.87. The Morgan fingerprint density at radius 3 is 2.57 bits per heavy atom. The van der Waals surface area contributed by atoms with Crippen LogP contribution in [0.3, 0.4) is 0 Å². The summed E-state index contributed by atoms with van der Waals surface area (Å²) in [6.45, 7) is 2.04. The highest BCUT2D eigenvalue weighted by Crippen LogP contribution is 2.28. The number of non-ortho nitro benzene ring substituents is 1. The van der Waals surface area contributed by atoms with E-state index in [-0.39, 0.29) is 17.4 Å². The monoisotopic (exact) mass is 288 g/mol. The molecule has 0 spiro atoms. The summed E-state index contributed by atoms with van der Waals surface area (Å²) < 4.78 is 13.9. The number of benzene rings is 2. The Hall–Kier alpha value is -2.43. The number of hydrogen-bond acceptors (Lipinski definition) is 3. The third-order valence-corrected chi connectivity index (χ3v) is 3.27. The minimum absolute atomic E-state index is 0.0762. The number of nitro groups is 1. The lowest BCUT2D eigenvalue weighted by molar-refractivity contribution is -0.384. The van der Waals surface area contributed by atoms with Crippen molar-refractivity contribution in [2.45, 2.75) is 25.8 Å². The third kappa shape index (κ3) is 3.78. The van der Waals surface area contributed by atoms with Gasteiger partial charge in [-0.1, -0.05) is 43.7 Å². The zero-order chi connectivity index (χ0) is 15.2. The van der Waals surface area contributed by atoms with Crippen LogP contribution in [0.1, 0.15) is 31.4 Å². The molecule has 2 aromatic rings. The number of nitro benzene ring substituents is 1. The first-order chi connectivity index (χ1) is 10.1. The van der Waals surface area contributed by atoms with E-state index in [4.69, 9.17) is 0 Å². The van der Waals surface area contributed by atoms with E-state index in [0.29, 0.717) is 0 Å². The van der Waals surface area contributed by atoms with Crippen molar-refractivity contribution < 1.29 is 9.31 Å². The van der Waals surface area contributed by atoms with Gasteiger partial charge >= 0.3 is 0 Å². The van der Waals surface area contributed by atoms with Crippen LogP contribution in [0.2, 0.25) is 0 Å². The van der Waals surface area contributed by atoms with Crippen molar-refractivity contribution in [3.63, 3.8) is 0 Å². The van der Waals surface area contributed by atoms with E-state index in [1.165, 1.54) is 6.07 Å². The predicted octanol–water partition coefficient (Wildman–Crippen LogP) is 4.69. The summed E-state index contributed by atoms with van der Waals surface area (Å²) in [6.07, 6.45) is 1.73. The first kappa shape index (κ1) is 15.0. The second-order valence-corrected chi connectivity index (χ2v) is 4.82. The molecule has 0 aliphatic carbocycles. The molecular weight excluding hydrogens is 271 g/mol. The standard InChI is InChI=1S/C16H17FN2O2/c1-2-6-15(12-7-4-3-5-8-12)18-16-11-13(19(20)21)9-10-14(16)17/h3-5,7-11,15,18H,2,6H2,1H3. The summed E-state index contributed by atoms with van der Waals surface area (Å²) in [4.78, 5) is 10.3. The average molecular weight is 288 g/mol. The lowest BCUT2D eigenvalue weighted by Gasteiger charge is -2.20. The van der Waals surface area contributed by atoms with Crippen LogP contribution in [0, 0.1) is 15.9 Å². The predicted molar refractivity (Wildman–Crippen MR) is 80.8 cm³/mol. The molecule has 21 heavy (non-hydrogen) atoms. The van der Waals surface area contributed by atoms with Crippen LogP contribution in [0.25, 0.3) is 0 Å². The lowest BCUT2D eigenvalue weighted by atomic mass is 10.0. The van der Waals surface area contributed by atoms with E-state index in [0.717, 1.165) is 30.5 Å².